The van der Waals surface area contributed by atoms with E-state index in [1.165, 1.54) is 0 Å². The van der Waals surface area contributed by atoms with Crippen molar-refractivity contribution in [3.63, 3.8) is 0 Å². The predicted octanol–water partition coefficient (Wildman–Crippen LogP) is 0.500. The largest absolute Gasteiger partial charge is 0.444 e. The van der Waals surface area contributed by atoms with Gasteiger partial charge in [0.15, 0.2) is 0 Å². The highest BCUT2D eigenvalue weighted by Gasteiger charge is 2.41. The van der Waals surface area contributed by atoms with Gasteiger partial charge in [0, 0.05) is 25.2 Å². The lowest BCUT2D eigenvalue weighted by atomic mass is 9.70. The standard InChI is InChI=1S/C11H21NO4/c1-11(2,3)16-10(15)12-9-4-7(5-13)8(9)6-14/h7-9,13-14H,4-6H2,1-3H3,(H,12,15)/t7-,8-,9-/m1/s1. The summed E-state index contributed by atoms with van der Waals surface area (Å²) in [5.74, 6) is 0.0301. The van der Waals surface area contributed by atoms with E-state index in [9.17, 15) is 4.79 Å². The molecule has 0 heterocycles. The number of alkyl carbamates (subject to hydrolysis) is 1. The smallest absolute Gasteiger partial charge is 0.407 e. The highest BCUT2D eigenvalue weighted by atomic mass is 16.6. The Morgan fingerprint density at radius 3 is 2.44 bits per heavy atom. The van der Waals surface area contributed by atoms with Crippen LogP contribution in [0.5, 0.6) is 0 Å². The molecule has 0 spiro atoms. The Balaban J connectivity index is 2.36. The van der Waals surface area contributed by atoms with E-state index in [4.69, 9.17) is 14.9 Å². The number of nitrogens with one attached hydrogen (secondary N) is 1. The third-order valence-electron chi connectivity index (χ3n) is 2.83. The summed E-state index contributed by atoms with van der Waals surface area (Å²) < 4.78 is 5.11. The van der Waals surface area contributed by atoms with Gasteiger partial charge in [0.25, 0.3) is 0 Å². The van der Waals surface area contributed by atoms with E-state index in [1.54, 1.807) is 20.8 Å². The fourth-order valence-electron chi connectivity index (χ4n) is 1.92. The maximum absolute atomic E-state index is 11.4. The SMILES string of the molecule is CC(C)(C)OC(=O)N[C@@H]1C[C@H](CO)[C@H]1CO. The molecule has 94 valence electrons. The van der Waals surface area contributed by atoms with Gasteiger partial charge in [-0.1, -0.05) is 0 Å². The highest BCUT2D eigenvalue weighted by molar-refractivity contribution is 5.68. The van der Waals surface area contributed by atoms with Crippen molar-refractivity contribution in [2.24, 2.45) is 11.8 Å². The molecule has 0 radical (unpaired) electrons. The highest BCUT2D eigenvalue weighted by Crippen LogP contribution is 2.34. The van der Waals surface area contributed by atoms with Crippen molar-refractivity contribution >= 4 is 6.09 Å². The van der Waals surface area contributed by atoms with Gasteiger partial charge in [0.1, 0.15) is 5.60 Å². The number of aliphatic hydroxyl groups is 2. The summed E-state index contributed by atoms with van der Waals surface area (Å²) in [7, 11) is 0. The van der Waals surface area contributed by atoms with Crippen molar-refractivity contribution < 1.29 is 19.7 Å². The molecular weight excluding hydrogens is 210 g/mol. The predicted molar refractivity (Wildman–Crippen MR) is 58.9 cm³/mol. The Kier molecular flexibility index (Phi) is 4.15. The fraction of sp³-hybridized carbons (Fsp3) is 0.909. The monoisotopic (exact) mass is 231 g/mol. The molecule has 16 heavy (non-hydrogen) atoms. The van der Waals surface area contributed by atoms with Crippen LogP contribution in [0.3, 0.4) is 0 Å². The molecule has 3 N–H and O–H groups in total. The van der Waals surface area contributed by atoms with E-state index in [0.717, 1.165) is 0 Å². The Labute approximate surface area is 95.8 Å². The molecule has 1 aliphatic rings. The minimum absolute atomic E-state index is 0.0221. The zero-order valence-electron chi connectivity index (χ0n) is 10.1. The first-order valence-electron chi connectivity index (χ1n) is 5.58. The van der Waals surface area contributed by atoms with Gasteiger partial charge in [-0.05, 0) is 33.1 Å². The fourth-order valence-corrected chi connectivity index (χ4v) is 1.92. The minimum Gasteiger partial charge on any atom is -0.444 e. The number of aliphatic hydroxyl groups excluding tert-OH is 2. The van der Waals surface area contributed by atoms with Gasteiger partial charge in [-0.2, -0.15) is 0 Å². The normalized spacial score (nSPS) is 29.4. The number of rotatable bonds is 3. The van der Waals surface area contributed by atoms with Crippen molar-refractivity contribution in [2.45, 2.75) is 38.8 Å². The topological polar surface area (TPSA) is 78.8 Å². The van der Waals surface area contributed by atoms with E-state index < -0.39 is 11.7 Å². The number of hydrogen-bond acceptors (Lipinski definition) is 4. The second kappa shape index (κ2) is 5.01. The first-order valence-corrected chi connectivity index (χ1v) is 5.58. The second-order valence-corrected chi connectivity index (χ2v) is 5.28. The van der Waals surface area contributed by atoms with Gasteiger partial charge in [0.2, 0.25) is 0 Å². The number of hydrogen-bond donors (Lipinski definition) is 3. The van der Waals surface area contributed by atoms with E-state index in [1.807, 2.05) is 0 Å². The zero-order valence-corrected chi connectivity index (χ0v) is 10.1. The molecule has 1 fully saturated rings. The van der Waals surface area contributed by atoms with Gasteiger partial charge in [-0.15, -0.1) is 0 Å². The molecule has 1 amide bonds. The molecule has 0 aromatic carbocycles. The Morgan fingerprint density at radius 1 is 1.38 bits per heavy atom. The Bertz CT molecular complexity index is 249. The van der Waals surface area contributed by atoms with Crippen LogP contribution in [0.1, 0.15) is 27.2 Å². The molecule has 0 aliphatic heterocycles. The van der Waals surface area contributed by atoms with Gasteiger partial charge < -0.3 is 20.3 Å². The van der Waals surface area contributed by atoms with Crippen LogP contribution in [-0.4, -0.2) is 41.2 Å². The first-order chi connectivity index (χ1) is 7.37. The molecule has 1 saturated carbocycles. The van der Waals surface area contributed by atoms with Crippen LogP contribution in [0.15, 0.2) is 0 Å². The summed E-state index contributed by atoms with van der Waals surface area (Å²) >= 11 is 0. The molecule has 0 bridgehead atoms. The zero-order chi connectivity index (χ0) is 12.3. The molecular formula is C11H21NO4. The van der Waals surface area contributed by atoms with Crippen molar-refractivity contribution in [3.8, 4) is 0 Å². The number of carbonyl (C=O) groups is 1. The summed E-state index contributed by atoms with van der Waals surface area (Å²) in [5.41, 5.74) is -0.515. The number of ether oxygens (including phenoxy) is 1. The molecule has 1 aliphatic carbocycles. The lowest BCUT2D eigenvalue weighted by Crippen LogP contribution is -2.55. The molecule has 0 saturated heterocycles. The average molecular weight is 231 g/mol. The second-order valence-electron chi connectivity index (χ2n) is 5.28. The van der Waals surface area contributed by atoms with Crippen LogP contribution in [0, 0.1) is 11.8 Å². The van der Waals surface area contributed by atoms with Crippen LogP contribution in [-0.2, 0) is 4.74 Å². The summed E-state index contributed by atoms with van der Waals surface area (Å²) in [4.78, 5) is 11.4. The maximum Gasteiger partial charge on any atom is 0.407 e. The van der Waals surface area contributed by atoms with Gasteiger partial charge in [-0.3, -0.25) is 0 Å². The minimum atomic E-state index is -0.515. The van der Waals surface area contributed by atoms with Gasteiger partial charge >= 0.3 is 6.09 Å². The van der Waals surface area contributed by atoms with Crippen molar-refractivity contribution in [2.75, 3.05) is 13.2 Å². The van der Waals surface area contributed by atoms with E-state index in [0.29, 0.717) is 6.42 Å². The maximum atomic E-state index is 11.4. The molecule has 0 aromatic rings. The summed E-state index contributed by atoms with van der Waals surface area (Å²) in [6, 6.07) is -0.0861. The van der Waals surface area contributed by atoms with Crippen molar-refractivity contribution in [1.82, 2.24) is 5.32 Å². The lowest BCUT2D eigenvalue weighted by molar-refractivity contribution is -0.00158. The first kappa shape index (κ1) is 13.3. The third-order valence-corrected chi connectivity index (χ3v) is 2.83. The third kappa shape index (κ3) is 3.35. The van der Waals surface area contributed by atoms with E-state index in [-0.39, 0.29) is 31.1 Å². The van der Waals surface area contributed by atoms with Gasteiger partial charge in [0.05, 0.1) is 0 Å². The Hall–Kier alpha value is -0.810. The summed E-state index contributed by atoms with van der Waals surface area (Å²) in [6.07, 6.45) is 0.230. The van der Waals surface area contributed by atoms with Crippen molar-refractivity contribution in [3.05, 3.63) is 0 Å². The quantitative estimate of drug-likeness (QED) is 0.661. The number of carbonyl (C=O) groups excluding carboxylic acids is 1. The molecule has 3 atom stereocenters. The van der Waals surface area contributed by atoms with Crippen LogP contribution in [0.25, 0.3) is 0 Å². The average Bonchev–Trinajstić information content (AvgIpc) is 2.09. The van der Waals surface area contributed by atoms with Crippen molar-refractivity contribution in [1.29, 1.82) is 0 Å². The number of amides is 1. The molecule has 5 heteroatoms. The van der Waals surface area contributed by atoms with E-state index >= 15 is 0 Å². The van der Waals surface area contributed by atoms with Crippen LogP contribution >= 0.6 is 0 Å². The summed E-state index contributed by atoms with van der Waals surface area (Å²) in [5, 5.41) is 20.8. The van der Waals surface area contributed by atoms with Crippen LogP contribution in [0.2, 0.25) is 0 Å². The molecule has 5 nitrogen and oxygen atoms in total. The molecule has 0 unspecified atom stereocenters. The van der Waals surface area contributed by atoms with E-state index in [2.05, 4.69) is 5.32 Å². The van der Waals surface area contributed by atoms with Crippen LogP contribution in [0.4, 0.5) is 4.79 Å². The Morgan fingerprint density at radius 2 is 2.00 bits per heavy atom. The molecule has 0 aromatic heterocycles. The van der Waals surface area contributed by atoms with Crippen LogP contribution < -0.4 is 5.32 Å². The molecule has 1 rings (SSSR count). The lowest BCUT2D eigenvalue weighted by Gasteiger charge is -2.43. The van der Waals surface area contributed by atoms with Gasteiger partial charge in [-0.25, -0.2) is 4.79 Å². The summed E-state index contributed by atoms with van der Waals surface area (Å²) in [6.45, 7) is 5.43.